The summed E-state index contributed by atoms with van der Waals surface area (Å²) in [5.41, 5.74) is 0.300. The van der Waals surface area contributed by atoms with E-state index in [0.717, 1.165) is 11.3 Å². The van der Waals surface area contributed by atoms with Crippen LogP contribution in [0.2, 0.25) is 0 Å². The number of carbonyl (C=O) groups is 2. The van der Waals surface area contributed by atoms with Crippen molar-refractivity contribution in [1.82, 2.24) is 4.98 Å². The summed E-state index contributed by atoms with van der Waals surface area (Å²) in [6.45, 7) is 0. The second-order valence-corrected chi connectivity index (χ2v) is 7.39. The minimum atomic E-state index is -3.72. The molecule has 1 aromatic carbocycles. The number of thiazole rings is 1. The number of nitrogens with one attached hydrogen (secondary N) is 1. The van der Waals surface area contributed by atoms with Gasteiger partial charge in [0.2, 0.25) is 5.91 Å². The highest BCUT2D eigenvalue weighted by atomic mass is 32.2. The van der Waals surface area contributed by atoms with E-state index >= 15 is 0 Å². The first-order valence-corrected chi connectivity index (χ1v) is 8.79. The number of nitrogens with zero attached hydrogens (tertiary/aromatic N) is 1. The third-order valence-electron chi connectivity index (χ3n) is 2.52. The fraction of sp³-hybridized carbons (Fsp3) is 0.154. The van der Waals surface area contributed by atoms with Crippen molar-refractivity contribution in [3.8, 4) is 0 Å². The highest BCUT2D eigenvalue weighted by Crippen LogP contribution is 2.14. The summed E-state index contributed by atoms with van der Waals surface area (Å²) in [4.78, 5) is 26.1. The second-order valence-electron chi connectivity index (χ2n) is 4.38. The molecule has 0 unspecified atom stereocenters. The second kappa shape index (κ2) is 6.67. The van der Waals surface area contributed by atoms with E-state index in [1.54, 1.807) is 30.3 Å². The molecule has 2 aromatic rings. The molecule has 1 aromatic heterocycles. The SMILES string of the molecule is O=C(CS(=O)(=O)Cc1nc(C(=O)O)cs1)Nc1ccccc1. The Bertz CT molecular complexity index is 784. The van der Waals surface area contributed by atoms with Crippen LogP contribution in [0.25, 0.3) is 0 Å². The monoisotopic (exact) mass is 340 g/mol. The van der Waals surface area contributed by atoms with Crippen molar-refractivity contribution in [3.63, 3.8) is 0 Å². The Morgan fingerprint density at radius 3 is 2.50 bits per heavy atom. The van der Waals surface area contributed by atoms with Crippen LogP contribution in [0.5, 0.6) is 0 Å². The molecule has 0 fully saturated rings. The number of carbonyl (C=O) groups excluding carboxylic acids is 1. The zero-order chi connectivity index (χ0) is 16.2. The Balaban J connectivity index is 1.98. The van der Waals surface area contributed by atoms with E-state index < -0.39 is 33.2 Å². The molecule has 22 heavy (non-hydrogen) atoms. The predicted molar refractivity (Wildman–Crippen MR) is 81.6 cm³/mol. The number of amides is 1. The summed E-state index contributed by atoms with van der Waals surface area (Å²) < 4.78 is 23.9. The lowest BCUT2D eigenvalue weighted by molar-refractivity contribution is -0.113. The zero-order valence-electron chi connectivity index (χ0n) is 11.2. The van der Waals surface area contributed by atoms with Crippen LogP contribution in [-0.4, -0.2) is 36.1 Å². The number of benzene rings is 1. The van der Waals surface area contributed by atoms with Crippen LogP contribution in [0.3, 0.4) is 0 Å². The molecule has 0 saturated carbocycles. The molecule has 0 aliphatic carbocycles. The number of hydrogen-bond donors (Lipinski definition) is 2. The minimum Gasteiger partial charge on any atom is -0.476 e. The van der Waals surface area contributed by atoms with Gasteiger partial charge in [0.25, 0.3) is 0 Å². The first-order chi connectivity index (χ1) is 10.4. The lowest BCUT2D eigenvalue weighted by atomic mass is 10.3. The van der Waals surface area contributed by atoms with Crippen molar-refractivity contribution in [2.24, 2.45) is 0 Å². The molecule has 9 heteroatoms. The number of sulfone groups is 1. The third kappa shape index (κ3) is 4.64. The van der Waals surface area contributed by atoms with Gasteiger partial charge in [0.15, 0.2) is 15.5 Å². The van der Waals surface area contributed by atoms with Gasteiger partial charge in [-0.1, -0.05) is 18.2 Å². The number of para-hydroxylation sites is 1. The maximum atomic E-state index is 11.9. The van der Waals surface area contributed by atoms with Crippen LogP contribution < -0.4 is 5.32 Å². The minimum absolute atomic E-state index is 0.143. The van der Waals surface area contributed by atoms with E-state index in [-0.39, 0.29) is 10.7 Å². The summed E-state index contributed by atoms with van der Waals surface area (Å²) in [5.74, 6) is -3.03. The molecule has 0 spiro atoms. The van der Waals surface area contributed by atoms with Crippen LogP contribution in [0.15, 0.2) is 35.7 Å². The van der Waals surface area contributed by atoms with Crippen molar-refractivity contribution >= 4 is 38.7 Å². The van der Waals surface area contributed by atoms with Gasteiger partial charge in [0, 0.05) is 11.1 Å². The summed E-state index contributed by atoms with van der Waals surface area (Å²) in [5, 5.41) is 12.6. The quantitative estimate of drug-likeness (QED) is 0.821. The highest BCUT2D eigenvalue weighted by molar-refractivity contribution is 7.91. The van der Waals surface area contributed by atoms with Crippen molar-refractivity contribution in [2.45, 2.75) is 5.75 Å². The number of rotatable bonds is 6. The van der Waals surface area contributed by atoms with E-state index in [4.69, 9.17) is 5.11 Å². The zero-order valence-corrected chi connectivity index (χ0v) is 12.9. The normalized spacial score (nSPS) is 11.1. The molecule has 7 nitrogen and oxygen atoms in total. The van der Waals surface area contributed by atoms with Crippen LogP contribution in [-0.2, 0) is 20.4 Å². The van der Waals surface area contributed by atoms with Gasteiger partial charge >= 0.3 is 5.97 Å². The van der Waals surface area contributed by atoms with Crippen molar-refractivity contribution in [1.29, 1.82) is 0 Å². The number of aromatic carboxylic acids is 1. The lowest BCUT2D eigenvalue weighted by Gasteiger charge is -2.05. The fourth-order valence-corrected chi connectivity index (χ4v) is 4.01. The Morgan fingerprint density at radius 1 is 1.23 bits per heavy atom. The highest BCUT2D eigenvalue weighted by Gasteiger charge is 2.20. The van der Waals surface area contributed by atoms with Gasteiger partial charge in [0.05, 0.1) is 0 Å². The van der Waals surface area contributed by atoms with Crippen LogP contribution in [0, 0.1) is 0 Å². The van der Waals surface area contributed by atoms with Gasteiger partial charge in [-0.2, -0.15) is 0 Å². The molecule has 2 N–H and O–H groups in total. The molecule has 0 radical (unpaired) electrons. The third-order valence-corrected chi connectivity index (χ3v) is 4.97. The van der Waals surface area contributed by atoms with E-state index in [1.807, 2.05) is 0 Å². The van der Waals surface area contributed by atoms with Gasteiger partial charge in [-0.05, 0) is 12.1 Å². The largest absolute Gasteiger partial charge is 0.476 e. The number of carboxylic acid groups (broad SMARTS) is 1. The standard InChI is InChI=1S/C13H12N2O5S2/c16-11(14-9-4-2-1-3-5-9)7-22(19,20)8-12-15-10(6-21-12)13(17)18/h1-6H,7-8H2,(H,14,16)(H,17,18). The Morgan fingerprint density at radius 2 is 1.91 bits per heavy atom. The van der Waals surface area contributed by atoms with Gasteiger partial charge in [-0.15, -0.1) is 11.3 Å². The number of aromatic nitrogens is 1. The molecule has 2 rings (SSSR count). The van der Waals surface area contributed by atoms with E-state index in [9.17, 15) is 18.0 Å². The number of anilines is 1. The van der Waals surface area contributed by atoms with Crippen molar-refractivity contribution < 1.29 is 23.1 Å². The first kappa shape index (κ1) is 16.1. The predicted octanol–water partition coefficient (Wildman–Crippen LogP) is 1.39. The molecular weight excluding hydrogens is 328 g/mol. The maximum Gasteiger partial charge on any atom is 0.355 e. The van der Waals surface area contributed by atoms with Gasteiger partial charge in [0.1, 0.15) is 16.5 Å². The van der Waals surface area contributed by atoms with E-state index in [1.165, 1.54) is 5.38 Å². The Labute approximate surface area is 130 Å². The molecular formula is C13H12N2O5S2. The molecule has 0 aliphatic heterocycles. The summed E-state index contributed by atoms with van der Waals surface area (Å²) in [6.07, 6.45) is 0. The van der Waals surface area contributed by atoms with Crippen molar-refractivity contribution in [2.75, 3.05) is 11.1 Å². The molecule has 0 aliphatic rings. The maximum absolute atomic E-state index is 11.9. The topological polar surface area (TPSA) is 113 Å². The van der Waals surface area contributed by atoms with Gasteiger partial charge in [-0.25, -0.2) is 18.2 Å². The molecule has 116 valence electrons. The van der Waals surface area contributed by atoms with Crippen LogP contribution in [0.4, 0.5) is 5.69 Å². The first-order valence-electron chi connectivity index (χ1n) is 6.09. The lowest BCUT2D eigenvalue weighted by Crippen LogP contribution is -2.23. The number of hydrogen-bond acceptors (Lipinski definition) is 6. The summed E-state index contributed by atoms with van der Waals surface area (Å²) in [7, 11) is -3.72. The summed E-state index contributed by atoms with van der Waals surface area (Å²) in [6, 6.07) is 8.49. The average molecular weight is 340 g/mol. The Kier molecular flexibility index (Phi) is 4.88. The fourth-order valence-electron chi connectivity index (χ4n) is 1.63. The van der Waals surface area contributed by atoms with E-state index in [2.05, 4.69) is 10.3 Å². The molecule has 1 amide bonds. The number of carboxylic acids is 1. The van der Waals surface area contributed by atoms with E-state index in [0.29, 0.717) is 5.69 Å². The van der Waals surface area contributed by atoms with Gasteiger partial charge in [-0.3, -0.25) is 4.79 Å². The van der Waals surface area contributed by atoms with Crippen LogP contribution >= 0.6 is 11.3 Å². The molecule has 1 heterocycles. The molecule has 0 saturated heterocycles. The van der Waals surface area contributed by atoms with Gasteiger partial charge < -0.3 is 10.4 Å². The average Bonchev–Trinajstić information content (AvgIpc) is 2.86. The van der Waals surface area contributed by atoms with Crippen molar-refractivity contribution in [3.05, 3.63) is 46.4 Å². The summed E-state index contributed by atoms with van der Waals surface area (Å²) >= 11 is 0.933. The molecule has 0 bridgehead atoms. The van der Waals surface area contributed by atoms with Crippen LogP contribution in [0.1, 0.15) is 15.5 Å². The Hall–Kier alpha value is -2.26. The molecule has 0 atom stereocenters. The smallest absolute Gasteiger partial charge is 0.355 e.